The van der Waals surface area contributed by atoms with Crippen LogP contribution in [0, 0.1) is 19.3 Å². The van der Waals surface area contributed by atoms with Crippen molar-refractivity contribution in [1.82, 2.24) is 0 Å². The van der Waals surface area contributed by atoms with Gasteiger partial charge >= 0.3 is 6.18 Å². The van der Waals surface area contributed by atoms with Crippen LogP contribution in [0.25, 0.3) is 0 Å². The molecular weight excluding hydrogens is 413 g/mol. The summed E-state index contributed by atoms with van der Waals surface area (Å²) in [6, 6.07) is 9.91. The van der Waals surface area contributed by atoms with E-state index >= 15 is 0 Å². The number of hydrogen-bond donors (Lipinski definition) is 1. The Kier molecular flexibility index (Phi) is 6.91. The molecule has 1 heterocycles. The molecule has 1 aliphatic rings. The molecule has 0 spiro atoms. The first-order valence-electron chi connectivity index (χ1n) is 11.2. The van der Waals surface area contributed by atoms with Crippen molar-refractivity contribution in [3.05, 3.63) is 58.7 Å². The van der Waals surface area contributed by atoms with Gasteiger partial charge in [0.1, 0.15) is 0 Å². The molecule has 1 amide bonds. The average molecular weight is 447 g/mol. The topological polar surface area (TPSA) is 32.3 Å². The minimum Gasteiger partial charge on any atom is -0.371 e. The van der Waals surface area contributed by atoms with E-state index in [0.29, 0.717) is 6.42 Å². The summed E-state index contributed by atoms with van der Waals surface area (Å²) in [4.78, 5) is 14.7. The van der Waals surface area contributed by atoms with Gasteiger partial charge in [-0.15, -0.1) is 0 Å². The Bertz CT molecular complexity index is 945. The predicted molar refractivity (Wildman–Crippen MR) is 124 cm³/mol. The second-order valence-electron chi connectivity index (χ2n) is 10.1. The van der Waals surface area contributed by atoms with Crippen molar-refractivity contribution < 1.29 is 18.0 Å². The second kappa shape index (κ2) is 9.16. The van der Waals surface area contributed by atoms with Crippen molar-refractivity contribution in [2.24, 2.45) is 5.41 Å². The van der Waals surface area contributed by atoms with Gasteiger partial charge in [-0.3, -0.25) is 4.79 Å². The molecular formula is C26H33F3N2O. The number of nitrogens with one attached hydrogen (secondary N) is 1. The van der Waals surface area contributed by atoms with Crippen molar-refractivity contribution in [2.45, 2.75) is 66.0 Å². The van der Waals surface area contributed by atoms with E-state index in [0.717, 1.165) is 60.1 Å². The maximum Gasteiger partial charge on any atom is 0.416 e. The third kappa shape index (κ3) is 6.05. The lowest BCUT2D eigenvalue weighted by Crippen LogP contribution is -2.33. The third-order valence-electron chi connectivity index (χ3n) is 6.02. The summed E-state index contributed by atoms with van der Waals surface area (Å²) in [6.45, 7) is 11.7. The number of benzene rings is 2. The summed E-state index contributed by atoms with van der Waals surface area (Å²) in [5.41, 5.74) is 4.11. The standard InChI is InChI=1S/C26H33F3N2O/c1-17-13-22(14-18(2)24(17)30-23(32)16-25(3,4)5)31-11-9-19(10-12-31)20-7-6-8-21(15-20)26(27,28)29/h6-8,13-15,19H,9-12,16H2,1-5H3,(H,30,32). The summed E-state index contributed by atoms with van der Waals surface area (Å²) >= 11 is 0. The summed E-state index contributed by atoms with van der Waals surface area (Å²) < 4.78 is 39.2. The molecule has 3 rings (SSSR count). The van der Waals surface area contributed by atoms with Crippen molar-refractivity contribution >= 4 is 17.3 Å². The molecule has 2 aromatic carbocycles. The van der Waals surface area contributed by atoms with Crippen LogP contribution in [-0.2, 0) is 11.0 Å². The highest BCUT2D eigenvalue weighted by atomic mass is 19.4. The summed E-state index contributed by atoms with van der Waals surface area (Å²) in [7, 11) is 0. The molecule has 0 saturated carbocycles. The average Bonchev–Trinajstić information content (AvgIpc) is 2.69. The van der Waals surface area contributed by atoms with Gasteiger partial charge in [0.05, 0.1) is 5.56 Å². The molecule has 1 N–H and O–H groups in total. The zero-order valence-corrected chi connectivity index (χ0v) is 19.6. The number of nitrogens with zero attached hydrogens (tertiary/aromatic N) is 1. The lowest BCUT2D eigenvalue weighted by Gasteiger charge is -2.34. The molecule has 0 aromatic heterocycles. The Labute approximate surface area is 189 Å². The largest absolute Gasteiger partial charge is 0.416 e. The normalized spacial score (nSPS) is 15.7. The molecule has 0 atom stereocenters. The molecule has 0 aliphatic carbocycles. The van der Waals surface area contributed by atoms with E-state index in [2.05, 4.69) is 22.3 Å². The first-order chi connectivity index (χ1) is 14.8. The van der Waals surface area contributed by atoms with E-state index in [4.69, 9.17) is 0 Å². The Morgan fingerprint density at radius 3 is 2.16 bits per heavy atom. The number of amides is 1. The van der Waals surface area contributed by atoms with Crippen LogP contribution in [-0.4, -0.2) is 19.0 Å². The highest BCUT2D eigenvalue weighted by molar-refractivity contribution is 5.93. The van der Waals surface area contributed by atoms with Gasteiger partial charge in [-0.2, -0.15) is 13.2 Å². The van der Waals surface area contributed by atoms with Gasteiger partial charge in [0.25, 0.3) is 0 Å². The maximum atomic E-state index is 13.1. The SMILES string of the molecule is Cc1cc(N2CCC(c3cccc(C(F)(F)F)c3)CC2)cc(C)c1NC(=O)CC(C)(C)C. The fourth-order valence-corrected chi connectivity index (χ4v) is 4.43. The van der Waals surface area contributed by atoms with Crippen LogP contribution < -0.4 is 10.2 Å². The lowest BCUT2D eigenvalue weighted by atomic mass is 9.88. The van der Waals surface area contributed by atoms with Crippen molar-refractivity contribution in [1.29, 1.82) is 0 Å². The van der Waals surface area contributed by atoms with Crippen molar-refractivity contribution in [3.63, 3.8) is 0 Å². The molecule has 6 heteroatoms. The minimum atomic E-state index is -4.31. The number of halogens is 3. The number of rotatable bonds is 4. The van der Waals surface area contributed by atoms with Crippen LogP contribution in [0.4, 0.5) is 24.5 Å². The molecule has 0 unspecified atom stereocenters. The number of piperidine rings is 1. The van der Waals surface area contributed by atoms with E-state index in [1.165, 1.54) is 12.1 Å². The van der Waals surface area contributed by atoms with Gasteiger partial charge in [-0.1, -0.05) is 39.0 Å². The number of alkyl halides is 3. The summed E-state index contributed by atoms with van der Waals surface area (Å²) in [6.07, 6.45) is -2.24. The zero-order valence-electron chi connectivity index (χ0n) is 19.6. The van der Waals surface area contributed by atoms with Crippen LogP contribution >= 0.6 is 0 Å². The first-order valence-corrected chi connectivity index (χ1v) is 11.2. The van der Waals surface area contributed by atoms with Crippen molar-refractivity contribution in [3.8, 4) is 0 Å². The van der Waals surface area contributed by atoms with Crippen molar-refractivity contribution in [2.75, 3.05) is 23.3 Å². The van der Waals surface area contributed by atoms with E-state index in [9.17, 15) is 18.0 Å². The maximum absolute atomic E-state index is 13.1. The third-order valence-corrected chi connectivity index (χ3v) is 6.02. The quantitative estimate of drug-likeness (QED) is 0.544. The number of carbonyl (C=O) groups excluding carboxylic acids is 1. The fraction of sp³-hybridized carbons (Fsp3) is 0.500. The zero-order chi connectivity index (χ0) is 23.7. The van der Waals surface area contributed by atoms with Crippen LogP contribution in [0.2, 0.25) is 0 Å². The Morgan fingerprint density at radius 2 is 1.62 bits per heavy atom. The Hall–Kier alpha value is -2.50. The highest BCUT2D eigenvalue weighted by Crippen LogP contribution is 2.36. The van der Waals surface area contributed by atoms with Crippen LogP contribution in [0.15, 0.2) is 36.4 Å². The minimum absolute atomic E-state index is 0.0124. The second-order valence-corrected chi connectivity index (χ2v) is 10.1. The van der Waals surface area contributed by atoms with Gasteiger partial charge in [-0.05, 0) is 72.9 Å². The van der Waals surface area contributed by atoms with Gasteiger partial charge in [-0.25, -0.2) is 0 Å². The molecule has 2 aromatic rings. The number of carbonyl (C=O) groups is 1. The van der Waals surface area contributed by atoms with E-state index in [1.807, 2.05) is 34.6 Å². The highest BCUT2D eigenvalue weighted by Gasteiger charge is 2.31. The molecule has 1 fully saturated rings. The molecule has 32 heavy (non-hydrogen) atoms. The molecule has 0 bridgehead atoms. The van der Waals surface area contributed by atoms with Crippen LogP contribution in [0.3, 0.4) is 0 Å². The monoisotopic (exact) mass is 446 g/mol. The van der Waals surface area contributed by atoms with Gasteiger partial charge in [0.15, 0.2) is 0 Å². The molecule has 1 saturated heterocycles. The predicted octanol–water partition coefficient (Wildman–Crippen LogP) is 7.08. The molecule has 3 nitrogen and oxygen atoms in total. The first kappa shape index (κ1) is 24.1. The molecule has 174 valence electrons. The van der Waals surface area contributed by atoms with Crippen LogP contribution in [0.1, 0.15) is 68.2 Å². The molecule has 0 radical (unpaired) electrons. The molecule has 1 aliphatic heterocycles. The fourth-order valence-electron chi connectivity index (χ4n) is 4.43. The number of hydrogen-bond acceptors (Lipinski definition) is 2. The summed E-state index contributed by atoms with van der Waals surface area (Å²) in [5, 5.41) is 3.06. The van der Waals surface area contributed by atoms with Crippen LogP contribution in [0.5, 0.6) is 0 Å². The van der Waals surface area contributed by atoms with E-state index in [1.54, 1.807) is 6.07 Å². The Morgan fingerprint density at radius 1 is 1.03 bits per heavy atom. The smallest absolute Gasteiger partial charge is 0.371 e. The van der Waals surface area contributed by atoms with E-state index in [-0.39, 0.29) is 17.2 Å². The number of anilines is 2. The lowest BCUT2D eigenvalue weighted by molar-refractivity contribution is -0.137. The van der Waals surface area contributed by atoms with E-state index < -0.39 is 11.7 Å². The van der Waals surface area contributed by atoms with Gasteiger partial charge in [0, 0.05) is 30.9 Å². The Balaban J connectivity index is 1.68. The van der Waals surface area contributed by atoms with Gasteiger partial charge < -0.3 is 10.2 Å². The number of aryl methyl sites for hydroxylation is 2. The van der Waals surface area contributed by atoms with Gasteiger partial charge in [0.2, 0.25) is 5.91 Å². The summed E-state index contributed by atoms with van der Waals surface area (Å²) in [5.74, 6) is 0.144.